The number of phenols is 4. The first-order chi connectivity index (χ1) is 11.9. The summed E-state index contributed by atoms with van der Waals surface area (Å²) in [4.78, 5) is 12.7. The van der Waals surface area contributed by atoms with Crippen LogP contribution in [-0.2, 0) is 0 Å². The van der Waals surface area contributed by atoms with E-state index in [0.717, 1.165) is 6.07 Å². The molecule has 3 rings (SSSR count). The van der Waals surface area contributed by atoms with Crippen molar-refractivity contribution in [3.8, 4) is 40.1 Å². The molecular formula is C18H14O7. The number of ether oxygens (including phenoxy) is 1. The highest BCUT2D eigenvalue weighted by Crippen LogP contribution is 2.38. The Morgan fingerprint density at radius 1 is 1.04 bits per heavy atom. The van der Waals surface area contributed by atoms with E-state index in [9.17, 15) is 25.2 Å². The number of hydrogen-bond acceptors (Lipinski definition) is 7. The second-order valence-electron chi connectivity index (χ2n) is 5.23. The van der Waals surface area contributed by atoms with Gasteiger partial charge >= 0.3 is 0 Å². The Balaban J connectivity index is 2.37. The quantitative estimate of drug-likeness (QED) is 0.425. The summed E-state index contributed by atoms with van der Waals surface area (Å²) in [6, 6.07) is 6.04. The third kappa shape index (κ3) is 2.83. The Hall–Kier alpha value is -3.61. The first-order valence-corrected chi connectivity index (χ1v) is 7.21. The van der Waals surface area contributed by atoms with Crippen molar-refractivity contribution < 1.29 is 29.6 Å². The van der Waals surface area contributed by atoms with Crippen LogP contribution < -0.4 is 10.2 Å². The smallest absolute Gasteiger partial charge is 0.239 e. The largest absolute Gasteiger partial charge is 0.508 e. The van der Waals surface area contributed by atoms with Gasteiger partial charge in [0.1, 0.15) is 29.1 Å². The molecule has 0 fully saturated rings. The Morgan fingerprint density at radius 3 is 2.48 bits per heavy atom. The van der Waals surface area contributed by atoms with E-state index in [4.69, 9.17) is 9.15 Å². The summed E-state index contributed by atoms with van der Waals surface area (Å²) >= 11 is 0. The molecule has 0 spiro atoms. The lowest BCUT2D eigenvalue weighted by Gasteiger charge is -2.12. The summed E-state index contributed by atoms with van der Waals surface area (Å²) in [5.41, 5.74) is -0.449. The lowest BCUT2D eigenvalue weighted by Crippen LogP contribution is -2.10. The van der Waals surface area contributed by atoms with Crippen LogP contribution in [0.25, 0.3) is 22.3 Å². The first kappa shape index (κ1) is 16.3. The molecule has 7 heteroatoms. The van der Waals surface area contributed by atoms with Crippen LogP contribution in [-0.4, -0.2) is 27.0 Å². The third-order valence-electron chi connectivity index (χ3n) is 3.50. The van der Waals surface area contributed by atoms with Crippen molar-refractivity contribution in [1.29, 1.82) is 0 Å². The van der Waals surface area contributed by atoms with Crippen molar-refractivity contribution in [3.63, 3.8) is 0 Å². The SMILES string of the molecule is C=CCOc1c(-c2ccc(O)c(O)c2)oc2cc(O)cc(O)c2c1=O. The molecule has 0 bridgehead atoms. The van der Waals surface area contributed by atoms with Crippen molar-refractivity contribution in [2.24, 2.45) is 0 Å². The number of aromatic hydroxyl groups is 4. The summed E-state index contributed by atoms with van der Waals surface area (Å²) in [6.45, 7) is 3.52. The minimum Gasteiger partial charge on any atom is -0.508 e. The molecular weight excluding hydrogens is 328 g/mol. The fraction of sp³-hybridized carbons (Fsp3) is 0.0556. The molecule has 1 heterocycles. The molecule has 1 aromatic heterocycles. The third-order valence-corrected chi connectivity index (χ3v) is 3.50. The van der Waals surface area contributed by atoms with E-state index in [0.29, 0.717) is 0 Å². The minimum absolute atomic E-state index is 0.00613. The molecule has 25 heavy (non-hydrogen) atoms. The van der Waals surface area contributed by atoms with Gasteiger partial charge in [-0.25, -0.2) is 0 Å². The molecule has 0 aliphatic rings. The standard InChI is InChI=1S/C18H14O7/c1-2-5-24-18-16(23)15-13(22)7-10(19)8-14(15)25-17(18)9-3-4-11(20)12(21)6-9/h2-4,6-8,19-22H,1,5H2. The maximum absolute atomic E-state index is 12.7. The maximum atomic E-state index is 12.7. The fourth-order valence-electron chi connectivity index (χ4n) is 2.40. The predicted molar refractivity (Wildman–Crippen MR) is 90.3 cm³/mol. The van der Waals surface area contributed by atoms with Crippen LogP contribution in [0.3, 0.4) is 0 Å². The van der Waals surface area contributed by atoms with Gasteiger partial charge in [0.15, 0.2) is 17.3 Å². The molecule has 0 amide bonds. The molecule has 0 saturated heterocycles. The van der Waals surface area contributed by atoms with E-state index in [1.807, 2.05) is 0 Å². The molecule has 2 aromatic carbocycles. The minimum atomic E-state index is -0.650. The van der Waals surface area contributed by atoms with Crippen LogP contribution in [0, 0.1) is 0 Å². The van der Waals surface area contributed by atoms with Crippen LogP contribution in [0.5, 0.6) is 28.7 Å². The van der Waals surface area contributed by atoms with Gasteiger partial charge in [-0.05, 0) is 18.2 Å². The molecule has 128 valence electrons. The fourth-order valence-corrected chi connectivity index (χ4v) is 2.40. The number of hydrogen-bond donors (Lipinski definition) is 4. The van der Waals surface area contributed by atoms with Crippen LogP contribution in [0.1, 0.15) is 0 Å². The lowest BCUT2D eigenvalue weighted by atomic mass is 10.1. The van der Waals surface area contributed by atoms with Gasteiger partial charge < -0.3 is 29.6 Å². The summed E-state index contributed by atoms with van der Waals surface area (Å²) in [5, 5.41) is 38.6. The Kier molecular flexibility index (Phi) is 3.98. The van der Waals surface area contributed by atoms with Gasteiger partial charge in [0.2, 0.25) is 11.2 Å². The zero-order valence-corrected chi connectivity index (χ0v) is 12.9. The average Bonchev–Trinajstić information content (AvgIpc) is 2.55. The predicted octanol–water partition coefficient (Wildman–Crippen LogP) is 2.85. The monoisotopic (exact) mass is 342 g/mol. The molecule has 7 nitrogen and oxygen atoms in total. The topological polar surface area (TPSA) is 120 Å². The number of phenolic OH excluding ortho intramolecular Hbond substituents is 4. The molecule has 0 aliphatic heterocycles. The molecule has 0 aliphatic carbocycles. The van der Waals surface area contributed by atoms with Gasteiger partial charge in [0.25, 0.3) is 0 Å². The van der Waals surface area contributed by atoms with Crippen molar-refractivity contribution in [1.82, 2.24) is 0 Å². The molecule has 3 aromatic rings. The molecule has 0 saturated carbocycles. The van der Waals surface area contributed by atoms with Crippen molar-refractivity contribution in [3.05, 3.63) is 53.2 Å². The van der Waals surface area contributed by atoms with Gasteiger partial charge in [-0.1, -0.05) is 12.7 Å². The highest BCUT2D eigenvalue weighted by Gasteiger charge is 2.21. The van der Waals surface area contributed by atoms with Gasteiger partial charge in [-0.2, -0.15) is 0 Å². The van der Waals surface area contributed by atoms with Gasteiger partial charge in [0, 0.05) is 17.7 Å². The van der Waals surface area contributed by atoms with E-state index in [1.54, 1.807) is 0 Å². The van der Waals surface area contributed by atoms with E-state index in [1.165, 1.54) is 30.3 Å². The number of rotatable bonds is 4. The summed E-state index contributed by atoms with van der Waals surface area (Å²) in [7, 11) is 0. The van der Waals surface area contributed by atoms with E-state index >= 15 is 0 Å². The normalized spacial score (nSPS) is 10.7. The van der Waals surface area contributed by atoms with Gasteiger partial charge in [0.05, 0.1) is 0 Å². The van der Waals surface area contributed by atoms with Crippen LogP contribution in [0.15, 0.2) is 52.2 Å². The zero-order chi connectivity index (χ0) is 18.1. The molecule has 0 radical (unpaired) electrons. The average molecular weight is 342 g/mol. The molecule has 0 atom stereocenters. The number of benzene rings is 2. The van der Waals surface area contributed by atoms with Crippen molar-refractivity contribution in [2.75, 3.05) is 6.61 Å². The first-order valence-electron chi connectivity index (χ1n) is 7.21. The lowest BCUT2D eigenvalue weighted by molar-refractivity contribution is 0.351. The molecule has 0 unspecified atom stereocenters. The van der Waals surface area contributed by atoms with E-state index < -0.39 is 16.9 Å². The van der Waals surface area contributed by atoms with Gasteiger partial charge in [-0.3, -0.25) is 4.79 Å². The van der Waals surface area contributed by atoms with Gasteiger partial charge in [-0.15, -0.1) is 0 Å². The second-order valence-corrected chi connectivity index (χ2v) is 5.23. The van der Waals surface area contributed by atoms with Crippen LogP contribution in [0.2, 0.25) is 0 Å². The van der Waals surface area contributed by atoms with E-state index in [2.05, 4.69) is 6.58 Å². The van der Waals surface area contributed by atoms with Crippen molar-refractivity contribution >= 4 is 11.0 Å². The van der Waals surface area contributed by atoms with Crippen LogP contribution in [0.4, 0.5) is 0 Å². The Morgan fingerprint density at radius 2 is 1.80 bits per heavy atom. The number of fused-ring (bicyclic) bond motifs is 1. The zero-order valence-electron chi connectivity index (χ0n) is 12.9. The molecule has 4 N–H and O–H groups in total. The summed E-state index contributed by atoms with van der Waals surface area (Å²) < 4.78 is 11.0. The summed E-state index contributed by atoms with van der Waals surface area (Å²) in [5.74, 6) is -1.71. The van der Waals surface area contributed by atoms with Crippen molar-refractivity contribution in [2.45, 2.75) is 0 Å². The van der Waals surface area contributed by atoms with Crippen LogP contribution >= 0.6 is 0 Å². The highest BCUT2D eigenvalue weighted by atomic mass is 16.5. The maximum Gasteiger partial charge on any atom is 0.239 e. The summed E-state index contributed by atoms with van der Waals surface area (Å²) in [6.07, 6.45) is 1.43. The van der Waals surface area contributed by atoms with E-state index in [-0.39, 0.29) is 46.1 Å². The highest BCUT2D eigenvalue weighted by molar-refractivity contribution is 5.88. The second kappa shape index (κ2) is 6.12. The Labute approximate surface area is 141 Å². The Bertz CT molecular complexity index is 1030.